The van der Waals surface area contributed by atoms with Gasteiger partial charge in [0, 0.05) is 17.1 Å². The highest BCUT2D eigenvalue weighted by Crippen LogP contribution is 2.36. The quantitative estimate of drug-likeness (QED) is 0.624. The van der Waals surface area contributed by atoms with E-state index in [1.54, 1.807) is 31.3 Å². The normalized spacial score (nSPS) is 10.4. The number of amides is 1. The highest BCUT2D eigenvalue weighted by molar-refractivity contribution is 7.15. The van der Waals surface area contributed by atoms with E-state index in [4.69, 9.17) is 4.74 Å². The zero-order valence-corrected chi connectivity index (χ0v) is 16.0. The summed E-state index contributed by atoms with van der Waals surface area (Å²) in [5.74, 6) is -0.819. The van der Waals surface area contributed by atoms with Crippen molar-refractivity contribution < 1.29 is 14.3 Å². The molecule has 3 rings (SSSR count). The van der Waals surface area contributed by atoms with Gasteiger partial charge in [-0.15, -0.1) is 11.3 Å². The second-order valence-electron chi connectivity index (χ2n) is 5.79. The lowest BCUT2D eigenvalue weighted by atomic mass is 10.0. The zero-order chi connectivity index (χ0) is 19.2. The summed E-state index contributed by atoms with van der Waals surface area (Å²) in [4.78, 5) is 29.1. The summed E-state index contributed by atoms with van der Waals surface area (Å²) in [6, 6.07) is 13.1. The summed E-state index contributed by atoms with van der Waals surface area (Å²) < 4.78 is 5.22. The van der Waals surface area contributed by atoms with Gasteiger partial charge in [0.1, 0.15) is 16.3 Å². The van der Waals surface area contributed by atoms with E-state index in [9.17, 15) is 9.59 Å². The van der Waals surface area contributed by atoms with Gasteiger partial charge < -0.3 is 10.1 Å². The average Bonchev–Trinajstić information content (AvgIpc) is 3.12. The third-order valence-corrected chi connectivity index (χ3v) is 4.96. The summed E-state index contributed by atoms with van der Waals surface area (Å²) in [6.45, 7) is 4.11. The molecule has 0 spiro atoms. The number of thiophene rings is 1. The van der Waals surface area contributed by atoms with Crippen LogP contribution in [0.4, 0.5) is 5.00 Å². The van der Waals surface area contributed by atoms with Crippen LogP contribution in [0.3, 0.4) is 0 Å². The fourth-order valence-corrected chi connectivity index (χ4v) is 3.60. The van der Waals surface area contributed by atoms with Gasteiger partial charge in [0.25, 0.3) is 5.91 Å². The molecule has 1 aromatic carbocycles. The number of nitrogens with zero attached hydrogens (tertiary/aromatic N) is 1. The van der Waals surface area contributed by atoms with Crippen LogP contribution in [-0.2, 0) is 11.2 Å². The number of rotatable bonds is 6. The van der Waals surface area contributed by atoms with Gasteiger partial charge in [0.05, 0.1) is 6.61 Å². The van der Waals surface area contributed by atoms with Gasteiger partial charge in [0.2, 0.25) is 0 Å². The van der Waals surface area contributed by atoms with E-state index in [-0.39, 0.29) is 18.2 Å². The van der Waals surface area contributed by atoms with E-state index >= 15 is 0 Å². The molecular weight excluding hydrogens is 360 g/mol. The fraction of sp³-hybridized carbons (Fsp3) is 0.190. The maximum absolute atomic E-state index is 12.6. The molecule has 0 fully saturated rings. The summed E-state index contributed by atoms with van der Waals surface area (Å²) >= 11 is 1.30. The van der Waals surface area contributed by atoms with Gasteiger partial charge in [-0.1, -0.05) is 37.3 Å². The third-order valence-electron chi connectivity index (χ3n) is 4.07. The number of esters is 1. The molecule has 138 valence electrons. The Morgan fingerprint density at radius 1 is 1.11 bits per heavy atom. The first-order chi connectivity index (χ1) is 13.1. The molecule has 0 atom stereocenters. The standard InChI is InChI=1S/C21H20N2O3S/c1-3-14-8-10-15(11-9-14)16-13-27-20(18(16)21(25)26-4-2)23-19(24)17-7-5-6-12-22-17/h5-13H,3-4H2,1-2H3,(H,23,24). The second-order valence-corrected chi connectivity index (χ2v) is 6.67. The number of hydrogen-bond donors (Lipinski definition) is 1. The molecule has 0 bridgehead atoms. The van der Waals surface area contributed by atoms with E-state index in [1.807, 2.05) is 29.6 Å². The molecule has 1 N–H and O–H groups in total. The molecule has 0 radical (unpaired) electrons. The van der Waals surface area contributed by atoms with Crippen molar-refractivity contribution >= 4 is 28.2 Å². The molecule has 0 aliphatic heterocycles. The first kappa shape index (κ1) is 18.8. The predicted octanol–water partition coefficient (Wildman–Crippen LogP) is 4.80. The van der Waals surface area contributed by atoms with Gasteiger partial charge >= 0.3 is 5.97 Å². The summed E-state index contributed by atoms with van der Waals surface area (Å²) in [5.41, 5.74) is 3.53. The molecule has 1 amide bonds. The Bertz CT molecular complexity index is 934. The van der Waals surface area contributed by atoms with Gasteiger partial charge in [-0.25, -0.2) is 4.79 Å². The highest BCUT2D eigenvalue weighted by Gasteiger charge is 2.23. The SMILES string of the molecule is CCOC(=O)c1c(-c2ccc(CC)cc2)csc1NC(=O)c1ccccn1. The number of carbonyl (C=O) groups excluding carboxylic acids is 2. The van der Waals surface area contributed by atoms with Crippen LogP contribution in [0.1, 0.15) is 40.3 Å². The maximum atomic E-state index is 12.6. The number of ether oxygens (including phenoxy) is 1. The minimum absolute atomic E-state index is 0.260. The van der Waals surface area contributed by atoms with Crippen LogP contribution in [0, 0.1) is 0 Å². The predicted molar refractivity (Wildman–Crippen MR) is 107 cm³/mol. The summed E-state index contributed by atoms with van der Waals surface area (Å²) in [7, 11) is 0. The Morgan fingerprint density at radius 3 is 2.52 bits per heavy atom. The van der Waals surface area contributed by atoms with Crippen molar-refractivity contribution in [2.24, 2.45) is 0 Å². The molecule has 0 saturated heterocycles. The second kappa shape index (κ2) is 8.60. The van der Waals surface area contributed by atoms with Crippen LogP contribution in [0.25, 0.3) is 11.1 Å². The maximum Gasteiger partial charge on any atom is 0.341 e. The lowest BCUT2D eigenvalue weighted by Gasteiger charge is -2.09. The Kier molecular flexibility index (Phi) is 5.98. The van der Waals surface area contributed by atoms with Gasteiger partial charge in [-0.2, -0.15) is 0 Å². The van der Waals surface area contributed by atoms with Gasteiger partial charge in [0.15, 0.2) is 0 Å². The smallest absolute Gasteiger partial charge is 0.341 e. The van der Waals surface area contributed by atoms with E-state index in [2.05, 4.69) is 17.2 Å². The first-order valence-corrected chi connectivity index (χ1v) is 9.62. The molecule has 0 unspecified atom stereocenters. The summed E-state index contributed by atoms with van der Waals surface area (Å²) in [6.07, 6.45) is 2.50. The molecule has 2 heterocycles. The van der Waals surface area contributed by atoms with Crippen molar-refractivity contribution in [1.29, 1.82) is 0 Å². The molecule has 0 aliphatic carbocycles. The minimum atomic E-state index is -0.454. The largest absolute Gasteiger partial charge is 0.462 e. The van der Waals surface area contributed by atoms with Crippen LogP contribution in [-0.4, -0.2) is 23.5 Å². The first-order valence-electron chi connectivity index (χ1n) is 8.74. The van der Waals surface area contributed by atoms with Crippen LogP contribution in [0.2, 0.25) is 0 Å². The fourth-order valence-electron chi connectivity index (χ4n) is 2.65. The van der Waals surface area contributed by atoms with Crippen molar-refractivity contribution in [2.75, 3.05) is 11.9 Å². The number of aryl methyl sites for hydroxylation is 1. The van der Waals surface area contributed by atoms with E-state index < -0.39 is 5.97 Å². The zero-order valence-electron chi connectivity index (χ0n) is 15.2. The highest BCUT2D eigenvalue weighted by atomic mass is 32.1. The monoisotopic (exact) mass is 380 g/mol. The number of aromatic nitrogens is 1. The Balaban J connectivity index is 1.97. The van der Waals surface area contributed by atoms with E-state index in [1.165, 1.54) is 16.9 Å². The molecule has 0 saturated carbocycles. The van der Waals surface area contributed by atoms with Crippen molar-refractivity contribution in [3.63, 3.8) is 0 Å². The molecule has 27 heavy (non-hydrogen) atoms. The topological polar surface area (TPSA) is 68.3 Å². The van der Waals surface area contributed by atoms with E-state index in [0.717, 1.165) is 17.5 Å². The molecule has 3 aromatic rings. The van der Waals surface area contributed by atoms with Crippen LogP contribution < -0.4 is 5.32 Å². The van der Waals surface area contributed by atoms with Crippen molar-refractivity contribution in [3.8, 4) is 11.1 Å². The number of carbonyl (C=O) groups is 2. The number of nitrogens with one attached hydrogen (secondary N) is 1. The summed E-state index contributed by atoms with van der Waals surface area (Å²) in [5, 5.41) is 5.11. The van der Waals surface area contributed by atoms with Gasteiger partial charge in [-0.05, 0) is 36.6 Å². The molecule has 2 aromatic heterocycles. The molecule has 5 nitrogen and oxygen atoms in total. The molecule has 6 heteroatoms. The number of hydrogen-bond acceptors (Lipinski definition) is 5. The van der Waals surface area contributed by atoms with Crippen LogP contribution in [0.5, 0.6) is 0 Å². The Labute approximate surface area is 162 Å². The Hall–Kier alpha value is -2.99. The number of pyridine rings is 1. The van der Waals surface area contributed by atoms with Gasteiger partial charge in [-0.3, -0.25) is 9.78 Å². The van der Waals surface area contributed by atoms with Crippen molar-refractivity contribution in [1.82, 2.24) is 4.98 Å². The average molecular weight is 380 g/mol. The lowest BCUT2D eigenvalue weighted by molar-refractivity contribution is 0.0529. The number of benzene rings is 1. The number of anilines is 1. The Morgan fingerprint density at radius 2 is 1.89 bits per heavy atom. The van der Waals surface area contributed by atoms with Crippen molar-refractivity contribution in [2.45, 2.75) is 20.3 Å². The lowest BCUT2D eigenvalue weighted by Crippen LogP contribution is -2.15. The van der Waals surface area contributed by atoms with Crippen LogP contribution >= 0.6 is 11.3 Å². The molecule has 0 aliphatic rings. The van der Waals surface area contributed by atoms with E-state index in [0.29, 0.717) is 10.6 Å². The van der Waals surface area contributed by atoms with Crippen molar-refractivity contribution in [3.05, 3.63) is 70.9 Å². The minimum Gasteiger partial charge on any atom is -0.462 e. The van der Waals surface area contributed by atoms with Crippen LogP contribution in [0.15, 0.2) is 54.0 Å². The molecular formula is C21H20N2O3S. The third kappa shape index (κ3) is 4.23.